The Labute approximate surface area is 116 Å². The largest absolute Gasteiger partial charge is 0.295 e. The molecule has 1 aromatic rings. The summed E-state index contributed by atoms with van der Waals surface area (Å²) in [5.74, 6) is 0. The third-order valence-corrected chi connectivity index (χ3v) is 4.86. The minimum Gasteiger partial charge on any atom is -0.282 e. The fourth-order valence-electron chi connectivity index (χ4n) is 3.11. The molecule has 0 bridgehead atoms. The van der Waals surface area contributed by atoms with Crippen molar-refractivity contribution in [2.24, 2.45) is 0 Å². The first-order valence-corrected chi connectivity index (χ1v) is 8.40. The predicted molar refractivity (Wildman–Crippen MR) is 78.5 cm³/mol. The molecule has 0 fully saturated rings. The van der Waals surface area contributed by atoms with E-state index in [4.69, 9.17) is 0 Å². The maximum absolute atomic E-state index is 11.8. The number of rotatable bonds is 5. The minimum atomic E-state index is -4.17. The van der Waals surface area contributed by atoms with Crippen molar-refractivity contribution in [1.82, 2.24) is 0 Å². The Bertz CT molecular complexity index is 539. The molecule has 108 valence electrons. The summed E-state index contributed by atoms with van der Waals surface area (Å²) in [7, 11) is -4.17. The summed E-state index contributed by atoms with van der Waals surface area (Å²) < 4.78 is 33.2. The van der Waals surface area contributed by atoms with Gasteiger partial charge in [-0.3, -0.25) is 4.55 Å². The highest BCUT2D eigenvalue weighted by Gasteiger charge is 2.25. The quantitative estimate of drug-likeness (QED) is 0.842. The molecular formula is C15H24O3S. The molecule has 1 rings (SSSR count). The molecule has 19 heavy (non-hydrogen) atoms. The fourth-order valence-corrected chi connectivity index (χ4v) is 4.27. The molecule has 0 aliphatic heterocycles. The van der Waals surface area contributed by atoms with Crippen molar-refractivity contribution in [1.29, 1.82) is 0 Å². The molecule has 0 aromatic heterocycles. The number of hydrogen-bond acceptors (Lipinski definition) is 2. The van der Waals surface area contributed by atoms with Gasteiger partial charge in [0.1, 0.15) is 4.90 Å². The lowest BCUT2D eigenvalue weighted by atomic mass is 9.87. The van der Waals surface area contributed by atoms with Gasteiger partial charge in [0.25, 0.3) is 10.1 Å². The first-order chi connectivity index (χ1) is 8.83. The lowest BCUT2D eigenvalue weighted by Crippen LogP contribution is -2.14. The van der Waals surface area contributed by atoms with Gasteiger partial charge in [-0.2, -0.15) is 8.42 Å². The van der Waals surface area contributed by atoms with Crippen LogP contribution in [0.5, 0.6) is 0 Å². The Hall–Kier alpha value is -0.870. The van der Waals surface area contributed by atoms with Crippen LogP contribution < -0.4 is 0 Å². The van der Waals surface area contributed by atoms with E-state index in [1.54, 1.807) is 0 Å². The van der Waals surface area contributed by atoms with Crippen molar-refractivity contribution in [3.05, 3.63) is 27.8 Å². The van der Waals surface area contributed by atoms with Crippen LogP contribution in [0.15, 0.2) is 4.90 Å². The van der Waals surface area contributed by atoms with Crippen LogP contribution in [-0.4, -0.2) is 13.0 Å². The zero-order chi connectivity index (χ0) is 14.8. The van der Waals surface area contributed by atoms with E-state index in [0.29, 0.717) is 12.8 Å². The zero-order valence-electron chi connectivity index (χ0n) is 12.5. The van der Waals surface area contributed by atoms with Crippen LogP contribution in [-0.2, 0) is 35.8 Å². The Morgan fingerprint density at radius 3 is 1.32 bits per heavy atom. The van der Waals surface area contributed by atoms with Crippen LogP contribution in [0.3, 0.4) is 0 Å². The molecule has 0 saturated heterocycles. The maximum atomic E-state index is 11.8. The van der Waals surface area contributed by atoms with Crippen LogP contribution in [0.4, 0.5) is 0 Å². The van der Waals surface area contributed by atoms with Gasteiger partial charge < -0.3 is 0 Å². The van der Waals surface area contributed by atoms with Crippen LogP contribution >= 0.6 is 0 Å². The first kappa shape index (κ1) is 16.2. The molecule has 0 spiro atoms. The van der Waals surface area contributed by atoms with Gasteiger partial charge in [0.15, 0.2) is 0 Å². The van der Waals surface area contributed by atoms with E-state index in [1.807, 2.05) is 27.7 Å². The van der Waals surface area contributed by atoms with E-state index >= 15 is 0 Å². The molecule has 1 N–H and O–H groups in total. The average Bonchev–Trinajstić information content (AvgIpc) is 2.35. The average molecular weight is 284 g/mol. The molecule has 0 aliphatic rings. The zero-order valence-corrected chi connectivity index (χ0v) is 13.3. The smallest absolute Gasteiger partial charge is 0.282 e. The van der Waals surface area contributed by atoms with Crippen LogP contribution in [0.2, 0.25) is 0 Å². The second-order valence-electron chi connectivity index (χ2n) is 4.76. The van der Waals surface area contributed by atoms with Gasteiger partial charge in [0, 0.05) is 0 Å². The van der Waals surface area contributed by atoms with E-state index in [-0.39, 0.29) is 4.90 Å². The lowest BCUT2D eigenvalue weighted by molar-refractivity contribution is 0.480. The maximum Gasteiger partial charge on any atom is 0.295 e. The van der Waals surface area contributed by atoms with E-state index in [0.717, 1.165) is 35.1 Å². The monoisotopic (exact) mass is 284 g/mol. The third-order valence-electron chi connectivity index (χ3n) is 3.85. The summed E-state index contributed by atoms with van der Waals surface area (Å²) in [5.41, 5.74) is 4.91. The van der Waals surface area contributed by atoms with Gasteiger partial charge in [0.05, 0.1) is 0 Å². The Morgan fingerprint density at radius 2 is 1.11 bits per heavy atom. The summed E-state index contributed by atoms with van der Waals surface area (Å²) in [5, 5.41) is 0. The van der Waals surface area contributed by atoms with Gasteiger partial charge in [-0.1, -0.05) is 27.7 Å². The standard InChI is InChI=1S/C15H24O3S/c1-6-11-10(5)12(7-2)14(9-4)15(13(11)8-3)19(16,17)18/h6-9H2,1-5H3,(H,16,17,18). The summed E-state index contributed by atoms with van der Waals surface area (Å²) >= 11 is 0. The molecule has 0 radical (unpaired) electrons. The van der Waals surface area contributed by atoms with Gasteiger partial charge in [-0.15, -0.1) is 0 Å². The molecule has 1 aromatic carbocycles. The second-order valence-corrected chi connectivity index (χ2v) is 6.12. The summed E-state index contributed by atoms with van der Waals surface area (Å²) in [6.07, 6.45) is 2.81. The molecular weight excluding hydrogens is 260 g/mol. The van der Waals surface area contributed by atoms with E-state index in [2.05, 4.69) is 6.92 Å². The second kappa shape index (κ2) is 6.06. The molecule has 4 heteroatoms. The van der Waals surface area contributed by atoms with Crippen molar-refractivity contribution < 1.29 is 13.0 Å². The Kier molecular flexibility index (Phi) is 5.16. The Morgan fingerprint density at radius 1 is 0.789 bits per heavy atom. The highest BCUT2D eigenvalue weighted by atomic mass is 32.2. The van der Waals surface area contributed by atoms with E-state index < -0.39 is 10.1 Å². The van der Waals surface area contributed by atoms with Crippen molar-refractivity contribution in [2.75, 3.05) is 0 Å². The van der Waals surface area contributed by atoms with Gasteiger partial charge >= 0.3 is 0 Å². The van der Waals surface area contributed by atoms with Crippen molar-refractivity contribution in [3.63, 3.8) is 0 Å². The van der Waals surface area contributed by atoms with Crippen LogP contribution in [0.1, 0.15) is 55.5 Å². The van der Waals surface area contributed by atoms with Crippen molar-refractivity contribution in [3.8, 4) is 0 Å². The topological polar surface area (TPSA) is 54.4 Å². The summed E-state index contributed by atoms with van der Waals surface area (Å²) in [6.45, 7) is 9.99. The van der Waals surface area contributed by atoms with Crippen LogP contribution in [0.25, 0.3) is 0 Å². The summed E-state index contributed by atoms with van der Waals surface area (Å²) in [6, 6.07) is 0. The molecule has 0 amide bonds. The summed E-state index contributed by atoms with van der Waals surface area (Å²) in [4.78, 5) is 0.164. The third kappa shape index (κ3) is 2.84. The Balaban J connectivity index is 3.96. The minimum absolute atomic E-state index is 0.164. The SMILES string of the molecule is CCc1c(C)c(CC)c(CC)c(S(=O)(=O)O)c1CC. The normalized spacial score (nSPS) is 11.9. The molecule has 3 nitrogen and oxygen atoms in total. The predicted octanol–water partition coefficient (Wildman–Crippen LogP) is 3.49. The van der Waals surface area contributed by atoms with E-state index in [1.165, 1.54) is 5.56 Å². The molecule has 0 aliphatic carbocycles. The van der Waals surface area contributed by atoms with Gasteiger partial charge in [-0.25, -0.2) is 0 Å². The fraction of sp³-hybridized carbons (Fsp3) is 0.600. The van der Waals surface area contributed by atoms with E-state index in [9.17, 15) is 13.0 Å². The van der Waals surface area contributed by atoms with Crippen LogP contribution in [0, 0.1) is 6.92 Å². The first-order valence-electron chi connectivity index (χ1n) is 6.96. The highest BCUT2D eigenvalue weighted by molar-refractivity contribution is 7.86. The number of hydrogen-bond donors (Lipinski definition) is 1. The molecule has 0 atom stereocenters. The van der Waals surface area contributed by atoms with Gasteiger partial charge in [-0.05, 0) is 60.4 Å². The lowest BCUT2D eigenvalue weighted by Gasteiger charge is -2.22. The van der Waals surface area contributed by atoms with Gasteiger partial charge in [0.2, 0.25) is 0 Å². The highest BCUT2D eigenvalue weighted by Crippen LogP contribution is 2.33. The molecule has 0 saturated carbocycles. The van der Waals surface area contributed by atoms with Crippen molar-refractivity contribution >= 4 is 10.1 Å². The van der Waals surface area contributed by atoms with Crippen molar-refractivity contribution in [2.45, 2.75) is 65.2 Å². The molecule has 0 unspecified atom stereocenters. The number of benzene rings is 1. The molecule has 0 heterocycles.